The van der Waals surface area contributed by atoms with Crippen molar-refractivity contribution in [3.8, 4) is 5.75 Å². The molecule has 1 atom stereocenters. The molecule has 1 N–H and O–H groups in total. The average molecular weight is 534 g/mol. The standard InChI is InChI=1S/C23H20BrNO7S/c1-3-31-22(29)13(2)25-20(26)19(33-23(25)30)11-16-10-17(24)8-9-18(16)32-12-14-4-6-15(7-5-14)21(27)28/h4-11,13H,3,12H2,1-2H3,(H,27,28)/b19-11+/t13-/m1/s1. The molecule has 0 spiro atoms. The van der Waals surface area contributed by atoms with Gasteiger partial charge < -0.3 is 14.6 Å². The van der Waals surface area contributed by atoms with E-state index in [1.54, 1.807) is 37.3 Å². The molecule has 0 radical (unpaired) electrons. The Morgan fingerprint density at radius 3 is 2.52 bits per heavy atom. The monoisotopic (exact) mass is 533 g/mol. The van der Waals surface area contributed by atoms with Crippen LogP contribution in [0.1, 0.15) is 35.3 Å². The van der Waals surface area contributed by atoms with Crippen LogP contribution in [-0.2, 0) is 20.9 Å². The lowest BCUT2D eigenvalue weighted by Gasteiger charge is -2.19. The SMILES string of the molecule is CCOC(=O)[C@@H](C)N1C(=O)S/C(=C/c2cc(Br)ccc2OCc2ccc(C(=O)O)cc2)C1=O. The topological polar surface area (TPSA) is 110 Å². The number of rotatable bonds is 8. The highest BCUT2D eigenvalue weighted by Gasteiger charge is 2.41. The van der Waals surface area contributed by atoms with Gasteiger partial charge in [-0.3, -0.25) is 14.5 Å². The fourth-order valence-corrected chi connectivity index (χ4v) is 4.27. The van der Waals surface area contributed by atoms with Gasteiger partial charge in [-0.1, -0.05) is 28.1 Å². The zero-order chi connectivity index (χ0) is 24.1. The van der Waals surface area contributed by atoms with Crippen LogP contribution in [0.15, 0.2) is 51.8 Å². The van der Waals surface area contributed by atoms with E-state index in [0.717, 1.165) is 26.7 Å². The van der Waals surface area contributed by atoms with Gasteiger partial charge in [0.05, 0.1) is 17.1 Å². The molecule has 10 heteroatoms. The molecule has 1 heterocycles. The van der Waals surface area contributed by atoms with E-state index in [1.807, 2.05) is 0 Å². The summed E-state index contributed by atoms with van der Waals surface area (Å²) in [5.41, 5.74) is 1.49. The summed E-state index contributed by atoms with van der Waals surface area (Å²) in [5.74, 6) is -1.78. The molecule has 0 aliphatic carbocycles. The number of hydrogen-bond acceptors (Lipinski definition) is 7. The van der Waals surface area contributed by atoms with E-state index in [2.05, 4.69) is 15.9 Å². The van der Waals surface area contributed by atoms with E-state index in [4.69, 9.17) is 14.6 Å². The lowest BCUT2D eigenvalue weighted by atomic mass is 10.1. The number of thioether (sulfide) groups is 1. The second-order valence-corrected chi connectivity index (χ2v) is 8.86. The van der Waals surface area contributed by atoms with Crippen LogP contribution in [0.5, 0.6) is 5.75 Å². The van der Waals surface area contributed by atoms with E-state index >= 15 is 0 Å². The van der Waals surface area contributed by atoms with Gasteiger partial charge in [-0.15, -0.1) is 0 Å². The van der Waals surface area contributed by atoms with Crippen molar-refractivity contribution in [2.75, 3.05) is 6.61 Å². The van der Waals surface area contributed by atoms with Crippen LogP contribution in [0, 0.1) is 0 Å². The number of carboxylic acids is 1. The number of carbonyl (C=O) groups excluding carboxylic acids is 3. The zero-order valence-corrected chi connectivity index (χ0v) is 20.1. The molecule has 0 aromatic heterocycles. The maximum atomic E-state index is 12.8. The predicted molar refractivity (Wildman–Crippen MR) is 126 cm³/mol. The van der Waals surface area contributed by atoms with Gasteiger partial charge >= 0.3 is 11.9 Å². The molecular formula is C23H20BrNO7S. The number of nitrogens with zero attached hydrogens (tertiary/aromatic N) is 1. The number of amides is 2. The summed E-state index contributed by atoms with van der Waals surface area (Å²) in [4.78, 5) is 49.3. The van der Waals surface area contributed by atoms with E-state index in [1.165, 1.54) is 25.1 Å². The van der Waals surface area contributed by atoms with Gasteiger partial charge in [-0.05, 0) is 67.6 Å². The molecule has 172 valence electrons. The summed E-state index contributed by atoms with van der Waals surface area (Å²) in [6.07, 6.45) is 1.54. The van der Waals surface area contributed by atoms with Gasteiger partial charge in [0.25, 0.3) is 11.1 Å². The number of esters is 1. The van der Waals surface area contributed by atoms with Crippen LogP contribution in [0.25, 0.3) is 6.08 Å². The largest absolute Gasteiger partial charge is 0.488 e. The van der Waals surface area contributed by atoms with Crippen molar-refractivity contribution in [1.29, 1.82) is 0 Å². The Kier molecular flexibility index (Phi) is 7.93. The van der Waals surface area contributed by atoms with E-state index in [9.17, 15) is 19.2 Å². The Hall–Kier alpha value is -3.11. The third kappa shape index (κ3) is 5.82. The third-order valence-electron chi connectivity index (χ3n) is 4.69. The predicted octanol–water partition coefficient (Wildman–Crippen LogP) is 4.71. The second-order valence-electron chi connectivity index (χ2n) is 6.95. The fraction of sp³-hybridized carbons (Fsp3) is 0.217. The molecule has 8 nitrogen and oxygen atoms in total. The molecule has 1 saturated heterocycles. The van der Waals surface area contributed by atoms with Gasteiger partial charge in [0.2, 0.25) is 0 Å². The molecule has 1 fully saturated rings. The maximum absolute atomic E-state index is 12.8. The first kappa shape index (κ1) is 24.5. The normalized spacial score (nSPS) is 15.6. The first-order valence-corrected chi connectivity index (χ1v) is 11.5. The first-order valence-electron chi connectivity index (χ1n) is 9.89. The summed E-state index contributed by atoms with van der Waals surface area (Å²) in [6, 6.07) is 10.5. The molecule has 0 bridgehead atoms. The van der Waals surface area contributed by atoms with Crippen LogP contribution in [0.3, 0.4) is 0 Å². The number of halogens is 1. The van der Waals surface area contributed by atoms with Crippen LogP contribution >= 0.6 is 27.7 Å². The van der Waals surface area contributed by atoms with Gasteiger partial charge in [0, 0.05) is 10.0 Å². The summed E-state index contributed by atoms with van der Waals surface area (Å²) < 4.78 is 11.6. The molecule has 2 amide bonds. The Morgan fingerprint density at radius 2 is 1.88 bits per heavy atom. The van der Waals surface area contributed by atoms with Crippen LogP contribution in [0.4, 0.5) is 4.79 Å². The lowest BCUT2D eigenvalue weighted by Crippen LogP contribution is -2.42. The number of carboxylic acid groups (broad SMARTS) is 1. The minimum atomic E-state index is -1.03. The molecule has 2 aromatic rings. The number of benzene rings is 2. The van der Waals surface area contributed by atoms with Crippen molar-refractivity contribution in [2.24, 2.45) is 0 Å². The number of imide groups is 1. The van der Waals surface area contributed by atoms with Gasteiger partial charge in [0.1, 0.15) is 18.4 Å². The molecule has 0 unspecified atom stereocenters. The molecule has 33 heavy (non-hydrogen) atoms. The smallest absolute Gasteiger partial charge is 0.335 e. The minimum Gasteiger partial charge on any atom is -0.488 e. The summed E-state index contributed by atoms with van der Waals surface area (Å²) in [6.45, 7) is 3.41. The van der Waals surface area contributed by atoms with Crippen LogP contribution < -0.4 is 4.74 Å². The fourth-order valence-electron chi connectivity index (χ4n) is 2.99. The van der Waals surface area contributed by atoms with Crippen molar-refractivity contribution < 1.29 is 33.8 Å². The zero-order valence-electron chi connectivity index (χ0n) is 17.7. The van der Waals surface area contributed by atoms with E-state index < -0.39 is 29.1 Å². The van der Waals surface area contributed by atoms with Crippen molar-refractivity contribution in [2.45, 2.75) is 26.5 Å². The third-order valence-corrected chi connectivity index (χ3v) is 6.07. The van der Waals surface area contributed by atoms with Crippen LogP contribution in [0.2, 0.25) is 0 Å². The number of aromatic carboxylic acids is 1. The van der Waals surface area contributed by atoms with Gasteiger partial charge in [-0.25, -0.2) is 9.59 Å². The molecule has 1 aliphatic rings. The quantitative estimate of drug-likeness (QED) is 0.383. The maximum Gasteiger partial charge on any atom is 0.335 e. The van der Waals surface area contributed by atoms with Gasteiger partial charge in [0.15, 0.2) is 0 Å². The molecule has 3 rings (SSSR count). The Labute approximate surface area is 202 Å². The number of ether oxygens (including phenoxy) is 2. The lowest BCUT2D eigenvalue weighted by molar-refractivity contribution is -0.150. The highest BCUT2D eigenvalue weighted by atomic mass is 79.9. The number of hydrogen-bond donors (Lipinski definition) is 1. The highest BCUT2D eigenvalue weighted by molar-refractivity contribution is 9.10. The Balaban J connectivity index is 1.81. The Bertz CT molecular complexity index is 1130. The summed E-state index contributed by atoms with van der Waals surface area (Å²) in [5, 5.41) is 8.45. The van der Waals surface area contributed by atoms with E-state index in [0.29, 0.717) is 11.3 Å². The van der Waals surface area contributed by atoms with Crippen LogP contribution in [-0.4, -0.2) is 45.7 Å². The van der Waals surface area contributed by atoms with Crippen molar-refractivity contribution in [3.05, 3.63) is 68.5 Å². The van der Waals surface area contributed by atoms with Crippen molar-refractivity contribution >= 4 is 56.9 Å². The average Bonchev–Trinajstić information content (AvgIpc) is 3.05. The van der Waals surface area contributed by atoms with E-state index in [-0.39, 0.29) is 23.7 Å². The Morgan fingerprint density at radius 1 is 1.18 bits per heavy atom. The molecular weight excluding hydrogens is 514 g/mol. The summed E-state index contributed by atoms with van der Waals surface area (Å²) in [7, 11) is 0. The first-order chi connectivity index (χ1) is 15.7. The van der Waals surface area contributed by atoms with Crippen molar-refractivity contribution in [3.63, 3.8) is 0 Å². The summed E-state index contributed by atoms with van der Waals surface area (Å²) >= 11 is 4.13. The molecule has 2 aromatic carbocycles. The van der Waals surface area contributed by atoms with Crippen molar-refractivity contribution in [1.82, 2.24) is 4.90 Å². The minimum absolute atomic E-state index is 0.146. The van der Waals surface area contributed by atoms with Gasteiger partial charge in [-0.2, -0.15) is 0 Å². The highest BCUT2D eigenvalue weighted by Crippen LogP contribution is 2.36. The molecule has 1 aliphatic heterocycles. The molecule has 0 saturated carbocycles. The number of carbonyl (C=O) groups is 4. The second kappa shape index (κ2) is 10.7.